The lowest BCUT2D eigenvalue weighted by Gasteiger charge is -2.36. The molecule has 0 atom stereocenters. The molecule has 1 N–H and O–H groups in total. The summed E-state index contributed by atoms with van der Waals surface area (Å²) in [4.78, 5) is 4.48. The van der Waals surface area contributed by atoms with Crippen LogP contribution in [0.5, 0.6) is 0 Å². The fourth-order valence-corrected chi connectivity index (χ4v) is 2.55. The lowest BCUT2D eigenvalue weighted by Crippen LogP contribution is -2.46. The van der Waals surface area contributed by atoms with Crippen LogP contribution in [-0.4, -0.2) is 44.2 Å². The second kappa shape index (κ2) is 7.13. The Balaban J connectivity index is 1.85. The predicted octanol–water partition coefficient (Wildman–Crippen LogP) is 3.66. The third-order valence-corrected chi connectivity index (χ3v) is 3.83. The molecule has 0 amide bonds. The number of hydrogen-bond acceptors (Lipinski definition) is 2. The molecule has 1 fully saturated rings. The molecule has 21 heavy (non-hydrogen) atoms. The molecule has 1 aliphatic rings. The number of hydrogen-bond donors (Lipinski definition) is 0. The smallest absolute Gasteiger partial charge is 0.416 e. The Morgan fingerprint density at radius 1 is 0.952 bits per heavy atom. The maximum Gasteiger partial charge on any atom is 0.416 e. The molecule has 2 rings (SSSR count). The van der Waals surface area contributed by atoms with E-state index in [2.05, 4.69) is 9.80 Å². The zero-order valence-corrected chi connectivity index (χ0v) is 12.0. The summed E-state index contributed by atoms with van der Waals surface area (Å²) in [5.74, 6) is 0. The molecule has 0 spiro atoms. The molecule has 1 saturated heterocycles. The van der Waals surface area contributed by atoms with E-state index in [1.54, 1.807) is 12.1 Å². The molecule has 0 unspecified atom stereocenters. The van der Waals surface area contributed by atoms with Crippen LogP contribution in [0.15, 0.2) is 24.3 Å². The molecule has 1 aromatic rings. The van der Waals surface area contributed by atoms with E-state index in [-0.39, 0.29) is 0 Å². The van der Waals surface area contributed by atoms with E-state index >= 15 is 0 Å². The van der Waals surface area contributed by atoms with E-state index in [0.717, 1.165) is 63.4 Å². The molecule has 0 aromatic heterocycles. The van der Waals surface area contributed by atoms with Gasteiger partial charge in [-0.2, -0.15) is 19.7 Å². The zero-order valence-electron chi connectivity index (χ0n) is 12.0. The molecule has 0 saturated carbocycles. The summed E-state index contributed by atoms with van der Waals surface area (Å²) in [6, 6.07) is 5.41. The van der Waals surface area contributed by atoms with Gasteiger partial charge in [0.25, 0.3) is 0 Å². The number of rotatable bonds is 5. The first-order chi connectivity index (χ1) is 10.0. The van der Waals surface area contributed by atoms with Crippen molar-refractivity contribution in [3.8, 4) is 0 Å². The summed E-state index contributed by atoms with van der Waals surface area (Å²) in [7, 11) is 0. The van der Waals surface area contributed by atoms with Gasteiger partial charge in [0.05, 0.1) is 5.56 Å². The first kappa shape index (κ1) is 16.1. The molecule has 0 aliphatic carbocycles. The molecule has 6 heteroatoms. The van der Waals surface area contributed by atoms with Gasteiger partial charge in [-0.1, -0.05) is 6.42 Å². The third-order valence-electron chi connectivity index (χ3n) is 3.83. The predicted molar refractivity (Wildman–Crippen MR) is 78.5 cm³/mol. The van der Waals surface area contributed by atoms with E-state index in [4.69, 9.17) is 5.73 Å². The normalized spacial score (nSPS) is 17.2. The highest BCUT2D eigenvalue weighted by Crippen LogP contribution is 2.30. The van der Waals surface area contributed by atoms with Crippen LogP contribution in [0.2, 0.25) is 0 Å². The van der Waals surface area contributed by atoms with E-state index < -0.39 is 11.7 Å². The van der Waals surface area contributed by atoms with Crippen LogP contribution in [0, 0.1) is 0 Å². The number of benzene rings is 1. The van der Waals surface area contributed by atoms with Crippen LogP contribution < -0.4 is 4.90 Å². The van der Waals surface area contributed by atoms with E-state index in [1.165, 1.54) is 0 Å². The Morgan fingerprint density at radius 3 is 2.10 bits per heavy atom. The second-order valence-electron chi connectivity index (χ2n) is 5.33. The summed E-state index contributed by atoms with van der Waals surface area (Å²) >= 11 is 0. The number of alkyl halides is 3. The third kappa shape index (κ3) is 4.61. The highest BCUT2D eigenvalue weighted by atomic mass is 19.4. The van der Waals surface area contributed by atoms with E-state index in [1.807, 2.05) is 0 Å². The van der Waals surface area contributed by atoms with Crippen molar-refractivity contribution in [2.45, 2.75) is 19.0 Å². The highest BCUT2D eigenvalue weighted by Gasteiger charge is 2.30. The minimum Gasteiger partial charge on any atom is -0.677 e. The van der Waals surface area contributed by atoms with Gasteiger partial charge in [0, 0.05) is 31.9 Å². The Morgan fingerprint density at radius 2 is 1.57 bits per heavy atom. The van der Waals surface area contributed by atoms with E-state index in [9.17, 15) is 13.2 Å². The average molecular weight is 300 g/mol. The van der Waals surface area contributed by atoms with Crippen molar-refractivity contribution in [2.75, 3.05) is 44.2 Å². The second-order valence-corrected chi connectivity index (χ2v) is 5.33. The van der Waals surface area contributed by atoms with Gasteiger partial charge in [-0.25, -0.2) is 0 Å². The van der Waals surface area contributed by atoms with Crippen molar-refractivity contribution in [1.82, 2.24) is 4.90 Å². The van der Waals surface area contributed by atoms with Crippen LogP contribution in [0.3, 0.4) is 0 Å². The van der Waals surface area contributed by atoms with Gasteiger partial charge in [0.15, 0.2) is 0 Å². The van der Waals surface area contributed by atoms with Crippen molar-refractivity contribution in [1.29, 1.82) is 0 Å². The topological polar surface area (TPSA) is 30.3 Å². The first-order valence-corrected chi connectivity index (χ1v) is 7.30. The van der Waals surface area contributed by atoms with Gasteiger partial charge in [-0.05, 0) is 37.2 Å². The fourth-order valence-electron chi connectivity index (χ4n) is 2.55. The highest BCUT2D eigenvalue weighted by molar-refractivity contribution is 5.48. The Labute approximate surface area is 123 Å². The standard InChI is InChI=1S/C15H21F3N3/c16-15(17,18)13-3-5-14(6-4-13)21-11-9-20(10-12-21)8-2-1-7-19/h3-6,19H,1-2,7-12H2/q-1. The molecule has 0 bridgehead atoms. The zero-order chi connectivity index (χ0) is 15.3. The Hall–Kier alpha value is -1.27. The molecular formula is C15H21F3N3-. The number of anilines is 1. The summed E-state index contributed by atoms with van der Waals surface area (Å²) < 4.78 is 37.6. The molecule has 1 heterocycles. The molecule has 118 valence electrons. The van der Waals surface area contributed by atoms with Gasteiger partial charge in [-0.3, -0.25) is 4.90 Å². The van der Waals surface area contributed by atoms with Crippen LogP contribution >= 0.6 is 0 Å². The number of nitrogens with one attached hydrogen (secondary N) is 1. The molecule has 1 aliphatic heterocycles. The van der Waals surface area contributed by atoms with Crippen LogP contribution in [-0.2, 0) is 6.18 Å². The number of nitrogens with zero attached hydrogens (tertiary/aromatic N) is 2. The van der Waals surface area contributed by atoms with Gasteiger partial charge >= 0.3 is 6.18 Å². The van der Waals surface area contributed by atoms with Gasteiger partial charge < -0.3 is 10.6 Å². The van der Waals surface area contributed by atoms with Gasteiger partial charge in [0.1, 0.15) is 0 Å². The SMILES string of the molecule is [NH-]CCCCN1CCN(c2ccc(C(F)(F)F)cc2)CC1. The maximum absolute atomic E-state index is 12.5. The summed E-state index contributed by atoms with van der Waals surface area (Å²) in [5.41, 5.74) is 7.38. The Kier molecular flexibility index (Phi) is 5.47. The summed E-state index contributed by atoms with van der Waals surface area (Å²) in [6.45, 7) is 5.03. The van der Waals surface area contributed by atoms with E-state index in [0.29, 0.717) is 6.54 Å². The quantitative estimate of drug-likeness (QED) is 0.777. The van der Waals surface area contributed by atoms with Crippen molar-refractivity contribution in [2.24, 2.45) is 0 Å². The average Bonchev–Trinajstić information content (AvgIpc) is 2.48. The Bertz CT molecular complexity index is 423. The molecule has 3 nitrogen and oxygen atoms in total. The molecular weight excluding hydrogens is 279 g/mol. The molecule has 1 aromatic carbocycles. The van der Waals surface area contributed by atoms with Crippen LogP contribution in [0.25, 0.3) is 5.73 Å². The minimum absolute atomic E-state index is 0.478. The van der Waals surface area contributed by atoms with Gasteiger partial charge in [0.2, 0.25) is 0 Å². The maximum atomic E-state index is 12.5. The number of unbranched alkanes of at least 4 members (excludes halogenated alkanes) is 1. The van der Waals surface area contributed by atoms with Crippen LogP contribution in [0.1, 0.15) is 18.4 Å². The lowest BCUT2D eigenvalue weighted by atomic mass is 10.1. The summed E-state index contributed by atoms with van der Waals surface area (Å²) in [5, 5.41) is 0. The van der Waals surface area contributed by atoms with Gasteiger partial charge in [-0.15, -0.1) is 0 Å². The monoisotopic (exact) mass is 300 g/mol. The van der Waals surface area contributed by atoms with Crippen molar-refractivity contribution >= 4 is 5.69 Å². The van der Waals surface area contributed by atoms with Crippen molar-refractivity contribution in [3.63, 3.8) is 0 Å². The summed E-state index contributed by atoms with van der Waals surface area (Å²) in [6.07, 6.45) is -2.29. The lowest BCUT2D eigenvalue weighted by molar-refractivity contribution is -0.137. The van der Waals surface area contributed by atoms with Crippen molar-refractivity contribution in [3.05, 3.63) is 35.6 Å². The first-order valence-electron chi connectivity index (χ1n) is 7.30. The van der Waals surface area contributed by atoms with Crippen molar-refractivity contribution < 1.29 is 13.2 Å². The number of piperazine rings is 1. The number of halogens is 3. The van der Waals surface area contributed by atoms with Crippen LogP contribution in [0.4, 0.5) is 18.9 Å². The largest absolute Gasteiger partial charge is 0.677 e. The molecule has 0 radical (unpaired) electrons. The fraction of sp³-hybridized carbons (Fsp3) is 0.600. The minimum atomic E-state index is -4.27.